The van der Waals surface area contributed by atoms with E-state index in [2.05, 4.69) is 80.4 Å². The highest BCUT2D eigenvalue weighted by atomic mass is 16.5. The molecule has 0 fully saturated rings. The fourth-order valence-corrected chi connectivity index (χ4v) is 4.29. The van der Waals surface area contributed by atoms with Crippen molar-refractivity contribution in [2.45, 2.75) is 45.1 Å². The molecule has 2 heteroatoms. The smallest absolute Gasteiger partial charge is 0.120 e. The molecule has 3 unspecified atom stereocenters. The van der Waals surface area contributed by atoms with Crippen molar-refractivity contribution in [1.82, 2.24) is 0 Å². The van der Waals surface area contributed by atoms with Gasteiger partial charge in [-0.05, 0) is 65.6 Å². The maximum Gasteiger partial charge on any atom is 0.120 e. The van der Waals surface area contributed by atoms with Gasteiger partial charge in [-0.2, -0.15) is 0 Å². The molecule has 3 atom stereocenters. The Morgan fingerprint density at radius 2 is 1.96 bits per heavy atom. The highest BCUT2D eigenvalue weighted by molar-refractivity contribution is 5.61. The topological polar surface area (TPSA) is 21.3 Å². The van der Waals surface area contributed by atoms with Crippen LogP contribution in [0.5, 0.6) is 5.75 Å². The molecule has 0 spiro atoms. The van der Waals surface area contributed by atoms with Gasteiger partial charge in [0.15, 0.2) is 0 Å². The van der Waals surface area contributed by atoms with Crippen molar-refractivity contribution >= 4 is 5.69 Å². The summed E-state index contributed by atoms with van der Waals surface area (Å²) >= 11 is 0. The number of hydrogen-bond acceptors (Lipinski definition) is 2. The third-order valence-electron chi connectivity index (χ3n) is 5.78. The van der Waals surface area contributed by atoms with E-state index < -0.39 is 0 Å². The molecule has 0 amide bonds. The van der Waals surface area contributed by atoms with Gasteiger partial charge in [-0.25, -0.2) is 0 Å². The van der Waals surface area contributed by atoms with Gasteiger partial charge >= 0.3 is 0 Å². The van der Waals surface area contributed by atoms with Crippen LogP contribution in [0.25, 0.3) is 0 Å². The van der Waals surface area contributed by atoms with Crippen molar-refractivity contribution in [3.63, 3.8) is 0 Å². The van der Waals surface area contributed by atoms with Crippen molar-refractivity contribution in [1.29, 1.82) is 0 Å². The molecular formula is C25H29NO. The van der Waals surface area contributed by atoms with Crippen LogP contribution in [0, 0.1) is 5.92 Å². The normalized spacial score (nSPS) is 22.9. The van der Waals surface area contributed by atoms with Crippen molar-refractivity contribution in [2.24, 2.45) is 5.92 Å². The number of nitrogens with one attached hydrogen (secondary N) is 1. The van der Waals surface area contributed by atoms with E-state index in [1.54, 1.807) is 0 Å². The van der Waals surface area contributed by atoms with Crippen LogP contribution in [-0.2, 0) is 0 Å². The molecule has 0 radical (unpaired) electrons. The number of allylic oxidation sites excluding steroid dienone is 2. The molecular weight excluding hydrogens is 330 g/mol. The maximum atomic E-state index is 5.88. The molecule has 1 N–H and O–H groups in total. The Bertz CT molecular complexity index is 862. The SMILES string of the molecule is C=C(C)COc1ccc2c(c1)C1C=CCC1C(c1ccc(C(C)C)cc1)N2. The van der Waals surface area contributed by atoms with E-state index in [4.69, 9.17) is 4.74 Å². The first-order valence-electron chi connectivity index (χ1n) is 9.97. The molecule has 0 saturated carbocycles. The first kappa shape index (κ1) is 17.9. The predicted octanol–water partition coefficient (Wildman–Crippen LogP) is 6.59. The minimum atomic E-state index is 0.348. The van der Waals surface area contributed by atoms with E-state index in [1.807, 2.05) is 6.92 Å². The first-order chi connectivity index (χ1) is 13.0. The Balaban J connectivity index is 1.63. The summed E-state index contributed by atoms with van der Waals surface area (Å²) < 4.78 is 5.88. The Morgan fingerprint density at radius 3 is 2.67 bits per heavy atom. The lowest BCUT2D eigenvalue weighted by Crippen LogP contribution is -2.29. The number of ether oxygens (including phenoxy) is 1. The molecule has 0 bridgehead atoms. The minimum absolute atomic E-state index is 0.348. The van der Waals surface area contributed by atoms with Crippen LogP contribution in [0.15, 0.2) is 66.8 Å². The second-order valence-electron chi connectivity index (χ2n) is 8.29. The van der Waals surface area contributed by atoms with Crippen molar-refractivity contribution in [3.8, 4) is 5.75 Å². The Kier molecular flexibility index (Phi) is 4.82. The largest absolute Gasteiger partial charge is 0.489 e. The van der Waals surface area contributed by atoms with Crippen molar-refractivity contribution in [2.75, 3.05) is 11.9 Å². The highest BCUT2D eigenvalue weighted by Gasteiger charge is 2.38. The number of benzene rings is 2. The zero-order valence-corrected chi connectivity index (χ0v) is 16.5. The summed E-state index contributed by atoms with van der Waals surface area (Å²) in [5, 5.41) is 3.81. The van der Waals surface area contributed by atoms with Crippen LogP contribution in [0.2, 0.25) is 0 Å². The lowest BCUT2D eigenvalue weighted by Gasteiger charge is -2.37. The minimum Gasteiger partial charge on any atom is -0.489 e. The average Bonchev–Trinajstić information content (AvgIpc) is 3.16. The highest BCUT2D eigenvalue weighted by Crippen LogP contribution is 2.50. The summed E-state index contributed by atoms with van der Waals surface area (Å²) in [5.41, 5.74) is 6.39. The van der Waals surface area contributed by atoms with Gasteiger partial charge < -0.3 is 10.1 Å². The van der Waals surface area contributed by atoms with Crippen LogP contribution in [-0.4, -0.2) is 6.61 Å². The van der Waals surface area contributed by atoms with Gasteiger partial charge in [-0.3, -0.25) is 0 Å². The number of hydrogen-bond donors (Lipinski definition) is 1. The summed E-state index contributed by atoms with van der Waals surface area (Å²) in [6.07, 6.45) is 5.83. The monoisotopic (exact) mass is 359 g/mol. The first-order valence-corrected chi connectivity index (χ1v) is 9.97. The molecule has 4 rings (SSSR count). The second-order valence-corrected chi connectivity index (χ2v) is 8.29. The van der Waals surface area contributed by atoms with Gasteiger partial charge in [-0.1, -0.05) is 56.8 Å². The molecule has 1 aliphatic heterocycles. The maximum absolute atomic E-state index is 5.88. The van der Waals surface area contributed by atoms with Crippen LogP contribution in [0.3, 0.4) is 0 Å². The van der Waals surface area contributed by atoms with Crippen LogP contribution < -0.4 is 10.1 Å². The van der Waals surface area contributed by atoms with E-state index in [0.717, 1.165) is 17.7 Å². The number of fused-ring (bicyclic) bond motifs is 3. The van der Waals surface area contributed by atoms with Crippen LogP contribution in [0.4, 0.5) is 5.69 Å². The lowest BCUT2D eigenvalue weighted by atomic mass is 9.77. The Hall–Kier alpha value is -2.48. The standard InChI is InChI=1S/C25H29NO/c1-16(2)15-27-20-12-13-24-23(14-20)21-6-5-7-22(21)25(26-24)19-10-8-18(9-11-19)17(3)4/h5-6,8-14,17,21-22,25-26H,1,7,15H2,2-4H3. The molecule has 27 heavy (non-hydrogen) atoms. The fourth-order valence-electron chi connectivity index (χ4n) is 4.29. The molecule has 1 heterocycles. The summed E-state index contributed by atoms with van der Waals surface area (Å²) in [6, 6.07) is 16.0. The third-order valence-corrected chi connectivity index (χ3v) is 5.78. The van der Waals surface area contributed by atoms with E-state index in [-0.39, 0.29) is 0 Å². The van der Waals surface area contributed by atoms with Crippen molar-refractivity contribution in [3.05, 3.63) is 83.5 Å². The molecule has 0 saturated heterocycles. The summed E-state index contributed by atoms with van der Waals surface area (Å²) in [4.78, 5) is 0. The third kappa shape index (κ3) is 3.53. The van der Waals surface area contributed by atoms with Crippen LogP contribution in [0.1, 0.15) is 61.8 Å². The number of anilines is 1. The van der Waals surface area contributed by atoms with Gasteiger partial charge in [0, 0.05) is 11.6 Å². The Morgan fingerprint density at radius 1 is 1.19 bits per heavy atom. The predicted molar refractivity (Wildman–Crippen MR) is 114 cm³/mol. The Labute approximate surface area is 163 Å². The van der Waals surface area contributed by atoms with E-state index in [9.17, 15) is 0 Å². The quantitative estimate of drug-likeness (QED) is 0.608. The van der Waals surface area contributed by atoms with Crippen LogP contribution >= 0.6 is 0 Å². The molecule has 2 aliphatic rings. The molecule has 2 nitrogen and oxygen atoms in total. The molecule has 0 aromatic heterocycles. The fraction of sp³-hybridized carbons (Fsp3) is 0.360. The molecule has 140 valence electrons. The van der Waals surface area contributed by atoms with Gasteiger partial charge in [0.2, 0.25) is 0 Å². The number of rotatable bonds is 5. The van der Waals surface area contributed by atoms with Gasteiger partial charge in [0.1, 0.15) is 12.4 Å². The van der Waals surface area contributed by atoms with Gasteiger partial charge in [0.05, 0.1) is 6.04 Å². The van der Waals surface area contributed by atoms with E-state index in [1.165, 1.54) is 22.4 Å². The van der Waals surface area contributed by atoms with Crippen molar-refractivity contribution < 1.29 is 4.74 Å². The summed E-state index contributed by atoms with van der Waals surface area (Å²) in [7, 11) is 0. The van der Waals surface area contributed by atoms with Gasteiger partial charge in [-0.15, -0.1) is 0 Å². The molecule has 1 aliphatic carbocycles. The lowest BCUT2D eigenvalue weighted by molar-refractivity contribution is 0.350. The van der Waals surface area contributed by atoms with Gasteiger partial charge in [0.25, 0.3) is 0 Å². The zero-order chi connectivity index (χ0) is 19.0. The second kappa shape index (κ2) is 7.26. The molecule has 2 aromatic carbocycles. The molecule has 2 aromatic rings. The summed E-state index contributed by atoms with van der Waals surface area (Å²) in [5.74, 6) is 2.50. The average molecular weight is 360 g/mol. The van der Waals surface area contributed by atoms with E-state index in [0.29, 0.717) is 30.4 Å². The van der Waals surface area contributed by atoms with E-state index >= 15 is 0 Å². The zero-order valence-electron chi connectivity index (χ0n) is 16.5. The summed E-state index contributed by atoms with van der Waals surface area (Å²) in [6.45, 7) is 11.0.